The number of hydrogen-bond acceptors (Lipinski definition) is 16. The van der Waals surface area contributed by atoms with Gasteiger partial charge in [0.25, 0.3) is 0 Å². The van der Waals surface area contributed by atoms with Gasteiger partial charge < -0.3 is 63.5 Å². The molecule has 53 heavy (non-hydrogen) atoms. The Bertz CT molecular complexity index is 1900. The van der Waals surface area contributed by atoms with Gasteiger partial charge in [-0.25, -0.2) is 0 Å². The number of aliphatic hydroxyl groups is 4. The van der Waals surface area contributed by atoms with Crippen molar-refractivity contribution in [2.24, 2.45) is 0 Å². The average Bonchev–Trinajstić information content (AvgIpc) is 3.09. The first-order chi connectivity index (χ1) is 25.0. The molecule has 0 bridgehead atoms. The molecule has 2 aliphatic rings. The largest absolute Gasteiger partial charge is 0.507 e. The monoisotopic (exact) mass is 744 g/mol. The van der Waals surface area contributed by atoms with E-state index in [0.29, 0.717) is 11.3 Å². The predicted octanol–water partition coefficient (Wildman–Crippen LogP) is 1.98. The van der Waals surface area contributed by atoms with Crippen molar-refractivity contribution in [3.05, 3.63) is 57.8 Å². The molecule has 2 aromatic carbocycles. The molecule has 16 nitrogen and oxygen atoms in total. The second-order valence-corrected chi connectivity index (χ2v) is 13.3. The number of allylic oxidation sites excluding steroid dienone is 2. The lowest BCUT2D eigenvalue weighted by Crippen LogP contribution is -2.64. The summed E-state index contributed by atoms with van der Waals surface area (Å²) in [5.74, 6) is -2.34. The van der Waals surface area contributed by atoms with Crippen LogP contribution in [0.4, 0.5) is 0 Å². The molecule has 0 unspecified atom stereocenters. The summed E-state index contributed by atoms with van der Waals surface area (Å²) in [5.41, 5.74) is 0.394. The highest BCUT2D eigenvalue weighted by atomic mass is 16.7. The number of Topliss-reactive ketones (excluding diaryl/α,β-unsaturated/α-hetero) is 1. The molecule has 16 heteroatoms. The molecule has 0 radical (unpaired) electrons. The van der Waals surface area contributed by atoms with Crippen molar-refractivity contribution in [2.75, 3.05) is 7.11 Å². The Balaban J connectivity index is 1.61. The van der Waals surface area contributed by atoms with Gasteiger partial charge in [0, 0.05) is 30.5 Å². The van der Waals surface area contributed by atoms with E-state index in [1.807, 2.05) is 13.8 Å². The zero-order valence-corrected chi connectivity index (χ0v) is 29.9. The summed E-state index contributed by atoms with van der Waals surface area (Å²) in [7, 11) is 1.47. The van der Waals surface area contributed by atoms with Crippen molar-refractivity contribution in [1.82, 2.24) is 0 Å². The van der Waals surface area contributed by atoms with Gasteiger partial charge in [-0.2, -0.15) is 0 Å². The van der Waals surface area contributed by atoms with Crippen molar-refractivity contribution in [2.45, 2.75) is 109 Å². The Morgan fingerprint density at radius 2 is 1.55 bits per heavy atom. The van der Waals surface area contributed by atoms with E-state index in [0.717, 1.165) is 18.6 Å². The molecule has 288 valence electrons. The molecule has 3 heterocycles. The molecular weight excluding hydrogens is 700 g/mol. The molecule has 0 spiro atoms. The topological polar surface area (TPSA) is 241 Å². The standard InChI is InChI=1S/C37H44O16/c1-15(2)7-12-21-22(40)14-23(41)25-27(43)34(32(51-33(21)25)19-8-10-20(47-6)11-9-19)52-37-30(46)35(31(17(4)48-37)49-18(5)39)53-36-29(45)28(44)26(42)24(50-36)13-16(3)38/h7-11,14,17,24,26,28-31,35-37,40-42,44-46H,12-13H2,1-6H3/t17-,24-,26+,28-,29-,30-,31+,35+,36+,37-/m1/s1. The molecular formula is C37H44O16. The summed E-state index contributed by atoms with van der Waals surface area (Å²) in [6, 6.07) is 7.32. The fourth-order valence-corrected chi connectivity index (χ4v) is 6.26. The number of carbonyl (C=O) groups excluding carboxylic acids is 2. The number of ether oxygens (including phenoxy) is 6. The summed E-state index contributed by atoms with van der Waals surface area (Å²) >= 11 is 0. The van der Waals surface area contributed by atoms with E-state index >= 15 is 0 Å². The van der Waals surface area contributed by atoms with Crippen LogP contribution in [-0.2, 0) is 35.0 Å². The number of aromatic hydroxyl groups is 2. The Labute approximate surface area is 303 Å². The van der Waals surface area contributed by atoms with Gasteiger partial charge in [0.05, 0.1) is 19.3 Å². The number of rotatable bonds is 11. The number of methoxy groups -OCH3 is 1. The first-order valence-corrected chi connectivity index (χ1v) is 16.9. The van der Waals surface area contributed by atoms with Gasteiger partial charge in [-0.15, -0.1) is 0 Å². The lowest BCUT2D eigenvalue weighted by Gasteiger charge is -2.46. The molecule has 3 aromatic rings. The second kappa shape index (κ2) is 16.2. The molecule has 0 amide bonds. The lowest BCUT2D eigenvalue weighted by atomic mass is 9.95. The van der Waals surface area contributed by atoms with Crippen molar-refractivity contribution in [3.63, 3.8) is 0 Å². The van der Waals surface area contributed by atoms with Gasteiger partial charge in [-0.1, -0.05) is 11.6 Å². The number of ketones is 1. The van der Waals surface area contributed by atoms with Gasteiger partial charge in [-0.3, -0.25) is 14.4 Å². The molecule has 5 rings (SSSR count). The molecule has 1 aromatic heterocycles. The number of esters is 1. The van der Waals surface area contributed by atoms with Crippen LogP contribution in [0.15, 0.2) is 51.2 Å². The maximum atomic E-state index is 14.3. The van der Waals surface area contributed by atoms with Gasteiger partial charge in [-0.05, 0) is 58.4 Å². The highest BCUT2D eigenvalue weighted by molar-refractivity contribution is 5.91. The van der Waals surface area contributed by atoms with Crippen LogP contribution < -0.4 is 14.9 Å². The van der Waals surface area contributed by atoms with Crippen LogP contribution in [0.1, 0.15) is 46.6 Å². The third-order valence-electron chi connectivity index (χ3n) is 8.99. The summed E-state index contributed by atoms with van der Waals surface area (Å²) in [6.45, 7) is 7.49. The van der Waals surface area contributed by atoms with Crippen molar-refractivity contribution in [1.29, 1.82) is 0 Å². The highest BCUT2D eigenvalue weighted by Gasteiger charge is 2.52. The van der Waals surface area contributed by atoms with Crippen LogP contribution in [0.5, 0.6) is 23.0 Å². The fraction of sp³-hybridized carbons (Fsp3) is 0.486. The first kappa shape index (κ1) is 39.7. The zero-order valence-electron chi connectivity index (χ0n) is 29.9. The maximum absolute atomic E-state index is 14.3. The molecule has 2 fully saturated rings. The predicted molar refractivity (Wildman–Crippen MR) is 184 cm³/mol. The fourth-order valence-electron chi connectivity index (χ4n) is 6.26. The highest BCUT2D eigenvalue weighted by Crippen LogP contribution is 2.41. The third kappa shape index (κ3) is 8.33. The van der Waals surface area contributed by atoms with E-state index in [2.05, 4.69) is 0 Å². The van der Waals surface area contributed by atoms with E-state index in [9.17, 15) is 45.0 Å². The Morgan fingerprint density at radius 1 is 0.868 bits per heavy atom. The SMILES string of the molecule is COc1ccc(-c2oc3c(CC=C(C)C)c(O)cc(O)c3c(=O)c2O[C@H]2O[C@H](C)[C@H](OC(C)=O)[C@@H](O[C@@H]3O[C@H](CC(C)=O)[C@H](O)[C@@H](O)[C@H]3O)[C@H]2O)cc1. The van der Waals surface area contributed by atoms with E-state index in [4.69, 9.17) is 32.8 Å². The minimum absolute atomic E-state index is 0.123. The molecule has 2 aliphatic heterocycles. The van der Waals surface area contributed by atoms with Crippen LogP contribution in [0.3, 0.4) is 0 Å². The quantitative estimate of drug-likeness (QED) is 0.121. The second-order valence-electron chi connectivity index (χ2n) is 13.3. The minimum Gasteiger partial charge on any atom is -0.507 e. The molecule has 2 saturated heterocycles. The number of benzene rings is 2. The van der Waals surface area contributed by atoms with Crippen molar-refractivity contribution in [3.8, 4) is 34.3 Å². The Hall–Kier alpha value is -4.55. The molecule has 6 N–H and O–H groups in total. The number of phenols is 2. The number of hydrogen-bond donors (Lipinski definition) is 6. The normalized spacial score (nSPS) is 28.6. The number of aliphatic hydroxyl groups excluding tert-OH is 4. The lowest BCUT2D eigenvalue weighted by molar-refractivity contribution is -0.348. The molecule has 0 saturated carbocycles. The van der Waals surface area contributed by atoms with Gasteiger partial charge in [0.2, 0.25) is 17.5 Å². The Morgan fingerprint density at radius 3 is 2.15 bits per heavy atom. The summed E-state index contributed by atoms with van der Waals surface area (Å²) in [5, 5.41) is 64.9. The van der Waals surface area contributed by atoms with Crippen molar-refractivity contribution >= 4 is 22.7 Å². The van der Waals surface area contributed by atoms with Crippen LogP contribution >= 0.6 is 0 Å². The van der Waals surface area contributed by atoms with Crippen LogP contribution in [0.2, 0.25) is 0 Å². The smallest absolute Gasteiger partial charge is 0.303 e. The zero-order chi connectivity index (χ0) is 38.9. The third-order valence-corrected chi connectivity index (χ3v) is 8.99. The van der Waals surface area contributed by atoms with Gasteiger partial charge >= 0.3 is 5.97 Å². The van der Waals surface area contributed by atoms with Crippen molar-refractivity contribution < 1.29 is 73.1 Å². The van der Waals surface area contributed by atoms with E-state index < -0.39 is 90.1 Å². The van der Waals surface area contributed by atoms with Gasteiger partial charge in [0.15, 0.2) is 18.2 Å². The molecule has 0 aliphatic carbocycles. The maximum Gasteiger partial charge on any atom is 0.303 e. The summed E-state index contributed by atoms with van der Waals surface area (Å²) in [6.07, 6.45) is -14.6. The Kier molecular flexibility index (Phi) is 12.1. The number of fused-ring (bicyclic) bond motifs is 1. The van der Waals surface area contributed by atoms with Gasteiger partial charge in [0.1, 0.15) is 64.5 Å². The van der Waals surface area contributed by atoms with Crippen LogP contribution in [-0.4, -0.2) is 111 Å². The van der Waals surface area contributed by atoms with Crippen LogP contribution in [0, 0.1) is 0 Å². The van der Waals surface area contributed by atoms with Crippen LogP contribution in [0.25, 0.3) is 22.3 Å². The molecule has 10 atom stereocenters. The van der Waals surface area contributed by atoms with E-state index in [1.165, 1.54) is 21.0 Å². The summed E-state index contributed by atoms with van der Waals surface area (Å²) in [4.78, 5) is 38.3. The van der Waals surface area contributed by atoms with E-state index in [-0.39, 0.29) is 40.9 Å². The minimum atomic E-state index is -1.91. The van der Waals surface area contributed by atoms with E-state index in [1.54, 1.807) is 30.3 Å². The summed E-state index contributed by atoms with van der Waals surface area (Å²) < 4.78 is 40.6. The average molecular weight is 745 g/mol. The first-order valence-electron chi connectivity index (χ1n) is 16.9. The number of carbonyl (C=O) groups is 2. The number of phenolic OH excluding ortho intramolecular Hbond substituents is 2.